The predicted octanol–water partition coefficient (Wildman–Crippen LogP) is 5.51. The number of unbranched alkanes of at least 4 members (excludes halogenated alkanes) is 1. The molecule has 2 aromatic carbocycles. The Bertz CT molecular complexity index is 1510. The van der Waals surface area contributed by atoms with Gasteiger partial charge >= 0.3 is 0 Å². The number of ether oxygens (including phenoxy) is 1. The highest BCUT2D eigenvalue weighted by Gasteiger charge is 2.22. The van der Waals surface area contributed by atoms with Crippen LogP contribution in [0.2, 0.25) is 0 Å². The maximum atomic E-state index is 6.57. The lowest BCUT2D eigenvalue weighted by Gasteiger charge is -2.26. The van der Waals surface area contributed by atoms with Crippen molar-refractivity contribution in [2.45, 2.75) is 25.7 Å². The van der Waals surface area contributed by atoms with Crippen LogP contribution in [0.1, 0.15) is 35.6 Å². The van der Waals surface area contributed by atoms with Crippen LogP contribution in [0, 0.1) is 0 Å². The third-order valence-electron chi connectivity index (χ3n) is 7.45. The lowest BCUT2D eigenvalue weighted by atomic mass is 10.1. The molecule has 0 unspecified atom stereocenters. The number of fused-ring (bicyclic) bond motifs is 1. The lowest BCUT2D eigenvalue weighted by Crippen LogP contribution is -2.37. The zero-order valence-corrected chi connectivity index (χ0v) is 23.6. The first-order chi connectivity index (χ1) is 20.2. The summed E-state index contributed by atoms with van der Waals surface area (Å²) in [6, 6.07) is 24.6. The fourth-order valence-corrected chi connectivity index (χ4v) is 5.27. The molecule has 6 rings (SSSR count). The Kier molecular flexibility index (Phi) is 8.71. The molecule has 1 saturated heterocycles. The second kappa shape index (κ2) is 13.1. The number of furan rings is 1. The van der Waals surface area contributed by atoms with Gasteiger partial charge in [-0.2, -0.15) is 0 Å². The molecular formula is C33H37N5O3. The number of hydroxylamine groups is 2. The van der Waals surface area contributed by atoms with Crippen LogP contribution >= 0.6 is 0 Å². The lowest BCUT2D eigenvalue weighted by molar-refractivity contribution is -0.0398. The van der Waals surface area contributed by atoms with Crippen LogP contribution in [0.4, 0.5) is 0 Å². The standard InChI is InChI=1S/C33H37N5O3/c1-36(16-8-9-17-37-18-21-39-22-19-37)41-33-30(24-28-15-10-20-40-28)35-32-29(23-26-11-4-2-5-12-26)34-31(25-38(32)33)27-13-6-3-7-14-27/h2-7,10-15,20,25H,8-9,16-19,21-24H2,1H3. The van der Waals surface area contributed by atoms with Crippen molar-refractivity contribution in [3.63, 3.8) is 0 Å². The van der Waals surface area contributed by atoms with Crippen molar-refractivity contribution in [3.8, 4) is 17.1 Å². The summed E-state index contributed by atoms with van der Waals surface area (Å²) in [4.78, 5) is 19.3. The Balaban J connectivity index is 1.31. The first-order valence-electron chi connectivity index (χ1n) is 14.4. The van der Waals surface area contributed by atoms with Gasteiger partial charge in [0.2, 0.25) is 5.88 Å². The van der Waals surface area contributed by atoms with Crippen LogP contribution < -0.4 is 4.84 Å². The summed E-state index contributed by atoms with van der Waals surface area (Å²) in [5.74, 6) is 1.54. The van der Waals surface area contributed by atoms with Crippen LogP contribution in [-0.4, -0.2) is 70.8 Å². The molecule has 3 aromatic heterocycles. The quantitative estimate of drug-likeness (QED) is 0.150. The molecule has 0 bridgehead atoms. The summed E-state index contributed by atoms with van der Waals surface area (Å²) in [5.41, 5.74) is 5.63. The van der Waals surface area contributed by atoms with Crippen molar-refractivity contribution in [1.29, 1.82) is 0 Å². The molecule has 4 heterocycles. The number of nitrogens with zero attached hydrogens (tertiary/aromatic N) is 5. The van der Waals surface area contributed by atoms with E-state index in [1.54, 1.807) is 6.26 Å². The molecule has 0 amide bonds. The molecule has 0 spiro atoms. The summed E-state index contributed by atoms with van der Waals surface area (Å²) in [5, 5.41) is 1.92. The molecule has 41 heavy (non-hydrogen) atoms. The maximum absolute atomic E-state index is 6.57. The highest BCUT2D eigenvalue weighted by atomic mass is 16.7. The number of aromatic nitrogens is 3. The van der Waals surface area contributed by atoms with Crippen molar-refractivity contribution in [3.05, 3.63) is 108 Å². The molecule has 1 fully saturated rings. The summed E-state index contributed by atoms with van der Waals surface area (Å²) < 4.78 is 13.2. The average molecular weight is 552 g/mol. The van der Waals surface area contributed by atoms with Gasteiger partial charge in [-0.05, 0) is 37.1 Å². The van der Waals surface area contributed by atoms with E-state index in [2.05, 4.69) is 45.7 Å². The molecule has 0 saturated carbocycles. The molecule has 0 radical (unpaired) electrons. The number of morpholine rings is 1. The minimum atomic E-state index is 0.528. The van der Waals surface area contributed by atoms with E-state index in [0.29, 0.717) is 18.7 Å². The number of rotatable bonds is 12. The van der Waals surface area contributed by atoms with Gasteiger partial charge in [0.1, 0.15) is 11.5 Å². The molecule has 0 atom stereocenters. The van der Waals surface area contributed by atoms with Crippen molar-refractivity contribution in [2.24, 2.45) is 0 Å². The SMILES string of the molecule is CN(CCCCN1CCOCC1)Oc1c(Cc2ccco2)nc2c(Cc3ccccc3)nc(-c3ccccc3)cn12. The Morgan fingerprint density at radius 3 is 2.39 bits per heavy atom. The van der Waals surface area contributed by atoms with Gasteiger partial charge < -0.3 is 14.0 Å². The normalized spacial score (nSPS) is 14.2. The van der Waals surface area contributed by atoms with E-state index in [4.69, 9.17) is 24.0 Å². The van der Waals surface area contributed by atoms with Crippen LogP contribution in [-0.2, 0) is 17.6 Å². The average Bonchev–Trinajstić information content (AvgIpc) is 3.65. The molecule has 0 N–H and O–H groups in total. The van der Waals surface area contributed by atoms with Crippen molar-refractivity contribution < 1.29 is 14.0 Å². The number of hydrogen-bond acceptors (Lipinski definition) is 7. The van der Waals surface area contributed by atoms with Crippen LogP contribution in [0.15, 0.2) is 89.7 Å². The third-order valence-corrected chi connectivity index (χ3v) is 7.45. The summed E-state index contributed by atoms with van der Waals surface area (Å²) >= 11 is 0. The number of benzene rings is 2. The van der Waals surface area contributed by atoms with Crippen molar-refractivity contribution in [2.75, 3.05) is 46.4 Å². The summed E-state index contributed by atoms with van der Waals surface area (Å²) in [7, 11) is 2.00. The van der Waals surface area contributed by atoms with Gasteiger partial charge in [-0.3, -0.25) is 9.30 Å². The summed E-state index contributed by atoms with van der Waals surface area (Å²) in [6.45, 7) is 5.61. The van der Waals surface area contributed by atoms with E-state index in [1.807, 2.05) is 54.7 Å². The molecule has 8 nitrogen and oxygen atoms in total. The summed E-state index contributed by atoms with van der Waals surface area (Å²) in [6.07, 6.45) is 7.08. The van der Waals surface area contributed by atoms with E-state index in [0.717, 1.165) is 86.3 Å². The fourth-order valence-electron chi connectivity index (χ4n) is 5.27. The van der Waals surface area contributed by atoms with E-state index < -0.39 is 0 Å². The van der Waals surface area contributed by atoms with E-state index in [-0.39, 0.29) is 0 Å². The van der Waals surface area contributed by atoms with Gasteiger partial charge in [0.05, 0.1) is 37.3 Å². The van der Waals surface area contributed by atoms with Gasteiger partial charge in [-0.1, -0.05) is 60.7 Å². The fraction of sp³-hybridized carbons (Fsp3) is 0.333. The second-order valence-electron chi connectivity index (χ2n) is 10.5. The van der Waals surface area contributed by atoms with Gasteiger partial charge in [-0.25, -0.2) is 9.97 Å². The van der Waals surface area contributed by atoms with Gasteiger partial charge in [-0.15, -0.1) is 5.06 Å². The van der Waals surface area contributed by atoms with Crippen molar-refractivity contribution >= 4 is 5.65 Å². The molecule has 5 aromatic rings. The minimum Gasteiger partial charge on any atom is -0.469 e. The number of imidazole rings is 1. The van der Waals surface area contributed by atoms with E-state index in [1.165, 1.54) is 5.56 Å². The first kappa shape index (κ1) is 27.2. The molecule has 1 aliphatic rings. The molecule has 8 heteroatoms. The Hall–Kier alpha value is -3.98. The molecular weight excluding hydrogens is 514 g/mol. The van der Waals surface area contributed by atoms with Crippen LogP contribution in [0.3, 0.4) is 0 Å². The number of hydrogen-bond donors (Lipinski definition) is 0. The van der Waals surface area contributed by atoms with E-state index >= 15 is 0 Å². The van der Waals surface area contributed by atoms with Gasteiger partial charge in [0.25, 0.3) is 0 Å². The minimum absolute atomic E-state index is 0.528. The van der Waals surface area contributed by atoms with Crippen LogP contribution in [0.25, 0.3) is 16.9 Å². The predicted molar refractivity (Wildman–Crippen MR) is 159 cm³/mol. The highest BCUT2D eigenvalue weighted by molar-refractivity contribution is 5.63. The highest BCUT2D eigenvalue weighted by Crippen LogP contribution is 2.29. The zero-order chi connectivity index (χ0) is 27.9. The molecule has 212 valence electrons. The van der Waals surface area contributed by atoms with Gasteiger partial charge in [0.15, 0.2) is 5.65 Å². The smallest absolute Gasteiger partial charge is 0.246 e. The monoisotopic (exact) mass is 551 g/mol. The zero-order valence-electron chi connectivity index (χ0n) is 23.6. The van der Waals surface area contributed by atoms with Gasteiger partial charge in [0, 0.05) is 44.9 Å². The Labute approximate surface area is 241 Å². The first-order valence-corrected chi connectivity index (χ1v) is 14.4. The largest absolute Gasteiger partial charge is 0.469 e. The third kappa shape index (κ3) is 6.85. The molecule has 1 aliphatic heterocycles. The van der Waals surface area contributed by atoms with Crippen molar-refractivity contribution in [1.82, 2.24) is 24.3 Å². The topological polar surface area (TPSA) is 68.3 Å². The molecule has 0 aliphatic carbocycles. The maximum Gasteiger partial charge on any atom is 0.246 e. The van der Waals surface area contributed by atoms with Crippen LogP contribution in [0.5, 0.6) is 5.88 Å². The Morgan fingerprint density at radius 2 is 1.63 bits per heavy atom. The van der Waals surface area contributed by atoms with E-state index in [9.17, 15) is 0 Å². The Morgan fingerprint density at radius 1 is 0.854 bits per heavy atom. The second-order valence-corrected chi connectivity index (χ2v) is 10.5.